The molecule has 0 unspecified atom stereocenters. The second-order valence-electron chi connectivity index (χ2n) is 4.21. The first-order valence-corrected chi connectivity index (χ1v) is 7.48. The van der Waals surface area contributed by atoms with Gasteiger partial charge in [-0.3, -0.25) is 0 Å². The molecule has 0 aliphatic rings. The van der Waals surface area contributed by atoms with E-state index in [2.05, 4.69) is 4.98 Å². The Morgan fingerprint density at radius 1 is 1.41 bits per heavy atom. The van der Waals surface area contributed by atoms with Gasteiger partial charge in [0.2, 0.25) is 0 Å². The van der Waals surface area contributed by atoms with Gasteiger partial charge in [-0.25, -0.2) is 14.6 Å². The van der Waals surface area contributed by atoms with Gasteiger partial charge >= 0.3 is 11.9 Å². The molecule has 0 aliphatic carbocycles. The maximum absolute atomic E-state index is 11.6. The minimum Gasteiger partial charge on any atom is -0.465 e. The van der Waals surface area contributed by atoms with E-state index in [1.165, 1.54) is 29.7 Å². The second-order valence-corrected chi connectivity index (χ2v) is 5.27. The van der Waals surface area contributed by atoms with Gasteiger partial charge in [-0.2, -0.15) is 0 Å². The minimum absolute atomic E-state index is 0.138. The molecule has 0 amide bonds. The zero-order valence-electron chi connectivity index (χ0n) is 12.2. The van der Waals surface area contributed by atoms with Crippen LogP contribution in [-0.4, -0.2) is 23.5 Å². The van der Waals surface area contributed by atoms with Crippen LogP contribution in [0.2, 0.25) is 0 Å². The Bertz CT molecular complexity index is 686. The van der Waals surface area contributed by atoms with E-state index in [1.807, 2.05) is 12.3 Å². The highest BCUT2D eigenvalue weighted by atomic mass is 32.1. The number of carbonyl (C=O) groups is 2. The molecule has 0 saturated carbocycles. The molecule has 0 N–H and O–H groups in total. The zero-order valence-corrected chi connectivity index (χ0v) is 13.0. The summed E-state index contributed by atoms with van der Waals surface area (Å²) in [6.45, 7) is 3.72. The minimum atomic E-state index is -0.545. The molecule has 2 heterocycles. The van der Waals surface area contributed by atoms with Crippen molar-refractivity contribution >= 4 is 29.4 Å². The molecule has 0 atom stereocenters. The number of rotatable bonds is 6. The Morgan fingerprint density at radius 3 is 2.91 bits per heavy atom. The molecule has 2 aromatic rings. The lowest BCUT2D eigenvalue weighted by Crippen LogP contribution is -2.08. The van der Waals surface area contributed by atoms with Gasteiger partial charge in [0.15, 0.2) is 12.4 Å². The normalized spacial score (nSPS) is 10.8. The maximum Gasteiger partial charge on any atom is 0.341 e. The molecule has 2 aromatic heterocycles. The van der Waals surface area contributed by atoms with Crippen LogP contribution in [0.15, 0.2) is 28.2 Å². The van der Waals surface area contributed by atoms with Gasteiger partial charge in [0, 0.05) is 11.5 Å². The molecule has 0 saturated heterocycles. The van der Waals surface area contributed by atoms with E-state index in [1.54, 1.807) is 13.0 Å². The van der Waals surface area contributed by atoms with Crippen molar-refractivity contribution in [2.75, 3.05) is 6.61 Å². The Balaban J connectivity index is 1.90. The van der Waals surface area contributed by atoms with Crippen LogP contribution in [-0.2, 0) is 20.9 Å². The van der Waals surface area contributed by atoms with E-state index in [0.717, 1.165) is 5.01 Å². The largest absolute Gasteiger partial charge is 0.465 e. The average molecular weight is 321 g/mol. The molecule has 116 valence electrons. The molecular formula is C15H15NO5S. The van der Waals surface area contributed by atoms with Crippen molar-refractivity contribution in [3.05, 3.63) is 45.8 Å². The van der Waals surface area contributed by atoms with E-state index in [4.69, 9.17) is 13.9 Å². The van der Waals surface area contributed by atoms with Crippen LogP contribution in [0.5, 0.6) is 0 Å². The number of ether oxygens (including phenoxy) is 2. The predicted molar refractivity (Wildman–Crippen MR) is 80.3 cm³/mol. The second kappa shape index (κ2) is 7.56. The third kappa shape index (κ3) is 4.29. The zero-order chi connectivity index (χ0) is 15.9. The van der Waals surface area contributed by atoms with Gasteiger partial charge in [0.05, 0.1) is 23.6 Å². The Hall–Kier alpha value is -2.41. The van der Waals surface area contributed by atoms with Gasteiger partial charge in [0.1, 0.15) is 5.56 Å². The molecule has 0 aliphatic heterocycles. The topological polar surface area (TPSA) is 78.6 Å². The fourth-order valence-electron chi connectivity index (χ4n) is 1.64. The molecule has 7 heteroatoms. The number of carbonyl (C=O) groups excluding carboxylic acids is 2. The van der Waals surface area contributed by atoms with Crippen LogP contribution in [0, 0.1) is 6.92 Å². The molecule has 6 nitrogen and oxygen atoms in total. The van der Waals surface area contributed by atoms with Crippen molar-refractivity contribution in [1.82, 2.24) is 4.98 Å². The number of aromatic nitrogens is 1. The van der Waals surface area contributed by atoms with Crippen molar-refractivity contribution in [3.8, 4) is 0 Å². The number of hydrogen-bond donors (Lipinski definition) is 0. The van der Waals surface area contributed by atoms with Crippen molar-refractivity contribution in [2.45, 2.75) is 20.5 Å². The summed E-state index contributed by atoms with van der Waals surface area (Å²) >= 11 is 1.50. The molecule has 22 heavy (non-hydrogen) atoms. The SMILES string of the molecule is CCOC(=O)c1ccoc1COC(=O)/C=C/c1csc(C)n1. The lowest BCUT2D eigenvalue weighted by atomic mass is 10.2. The van der Waals surface area contributed by atoms with Crippen LogP contribution in [0.1, 0.15) is 33.7 Å². The van der Waals surface area contributed by atoms with Gasteiger partial charge < -0.3 is 13.9 Å². The average Bonchev–Trinajstić information content (AvgIpc) is 3.12. The number of esters is 2. The van der Waals surface area contributed by atoms with Gasteiger partial charge in [-0.15, -0.1) is 11.3 Å². The van der Waals surface area contributed by atoms with Crippen molar-refractivity contribution in [2.24, 2.45) is 0 Å². The fourth-order valence-corrected chi connectivity index (χ4v) is 2.22. The third-order valence-corrected chi connectivity index (χ3v) is 3.40. The summed E-state index contributed by atoms with van der Waals surface area (Å²) < 4.78 is 15.0. The first kappa shape index (κ1) is 16.0. The summed E-state index contributed by atoms with van der Waals surface area (Å²) in [6, 6.07) is 1.48. The summed E-state index contributed by atoms with van der Waals surface area (Å²) in [7, 11) is 0. The van der Waals surface area contributed by atoms with Gasteiger partial charge in [0.25, 0.3) is 0 Å². The summed E-state index contributed by atoms with van der Waals surface area (Å²) in [5, 5.41) is 2.76. The smallest absolute Gasteiger partial charge is 0.341 e. The van der Waals surface area contributed by atoms with Crippen molar-refractivity contribution < 1.29 is 23.5 Å². The van der Waals surface area contributed by atoms with Gasteiger partial charge in [-0.1, -0.05) is 0 Å². The molecule has 0 spiro atoms. The molecule has 2 rings (SSSR count). The Morgan fingerprint density at radius 2 is 2.23 bits per heavy atom. The van der Waals surface area contributed by atoms with E-state index in [0.29, 0.717) is 5.69 Å². The Kier molecular flexibility index (Phi) is 5.48. The predicted octanol–water partition coefficient (Wildman–Crippen LogP) is 2.98. The molecule has 0 aromatic carbocycles. The number of nitrogens with zero attached hydrogens (tertiary/aromatic N) is 1. The van der Waals surface area contributed by atoms with E-state index >= 15 is 0 Å². The monoisotopic (exact) mass is 321 g/mol. The first-order chi connectivity index (χ1) is 10.6. The first-order valence-electron chi connectivity index (χ1n) is 6.60. The standard InChI is InChI=1S/C15H15NO5S/c1-3-19-15(18)12-6-7-20-13(12)8-21-14(17)5-4-11-9-22-10(2)16-11/h4-7,9H,3,8H2,1-2H3/b5-4+. The molecule has 0 bridgehead atoms. The van der Waals surface area contributed by atoms with Crippen molar-refractivity contribution in [1.29, 1.82) is 0 Å². The van der Waals surface area contributed by atoms with Crippen LogP contribution in [0.3, 0.4) is 0 Å². The lowest BCUT2D eigenvalue weighted by Gasteiger charge is -2.03. The highest BCUT2D eigenvalue weighted by Crippen LogP contribution is 2.14. The summed E-state index contributed by atoms with van der Waals surface area (Å²) in [5.74, 6) is -0.794. The summed E-state index contributed by atoms with van der Waals surface area (Å²) in [4.78, 5) is 27.5. The van der Waals surface area contributed by atoms with E-state index < -0.39 is 11.9 Å². The third-order valence-electron chi connectivity index (χ3n) is 2.61. The molecular weight excluding hydrogens is 306 g/mol. The highest BCUT2D eigenvalue weighted by molar-refractivity contribution is 7.09. The number of aryl methyl sites for hydroxylation is 1. The quantitative estimate of drug-likeness (QED) is 0.601. The number of hydrogen-bond acceptors (Lipinski definition) is 7. The molecule has 0 radical (unpaired) electrons. The summed E-state index contributed by atoms with van der Waals surface area (Å²) in [5.41, 5.74) is 0.957. The van der Waals surface area contributed by atoms with Crippen LogP contribution in [0.25, 0.3) is 6.08 Å². The van der Waals surface area contributed by atoms with Crippen LogP contribution in [0.4, 0.5) is 0 Å². The van der Waals surface area contributed by atoms with Crippen LogP contribution < -0.4 is 0 Å². The lowest BCUT2D eigenvalue weighted by molar-refractivity contribution is -0.139. The highest BCUT2D eigenvalue weighted by Gasteiger charge is 2.16. The molecule has 0 fully saturated rings. The van der Waals surface area contributed by atoms with Crippen molar-refractivity contribution in [3.63, 3.8) is 0 Å². The maximum atomic E-state index is 11.6. The fraction of sp³-hybridized carbons (Fsp3) is 0.267. The Labute approximate surface area is 131 Å². The summed E-state index contributed by atoms with van der Waals surface area (Å²) in [6.07, 6.45) is 4.20. The number of furan rings is 1. The van der Waals surface area contributed by atoms with E-state index in [9.17, 15) is 9.59 Å². The van der Waals surface area contributed by atoms with Gasteiger partial charge in [-0.05, 0) is 26.0 Å². The van der Waals surface area contributed by atoms with E-state index in [-0.39, 0.29) is 24.5 Å². The van der Waals surface area contributed by atoms with Crippen LogP contribution >= 0.6 is 11.3 Å². The number of thiazole rings is 1.